The standard InChI is InChI=1S/C46H74O17/c1-21(2)14-22-15-44(7,55)37-23-8-9-28-42(5)12-11-29(41(3,4)27(42)10-13-43(28,6)45(23)19-46(37,63-22)58-20-45)60-40-36(62-38-33(53)30(50)24(48)17-56-38)35(25(49)18-57-40)61-39-34(54)32(52)31(51)26(16-47)59-39/h14,22-40,47-55H,8-13,15-20H2,1-7H3. The highest BCUT2D eigenvalue weighted by atomic mass is 16.8. The van der Waals surface area contributed by atoms with Crippen LogP contribution in [0.4, 0.5) is 0 Å². The van der Waals surface area contributed by atoms with Crippen molar-refractivity contribution in [3.63, 3.8) is 0 Å². The van der Waals surface area contributed by atoms with Crippen molar-refractivity contribution in [2.75, 3.05) is 26.4 Å². The predicted molar refractivity (Wildman–Crippen MR) is 219 cm³/mol. The smallest absolute Gasteiger partial charge is 0.187 e. The van der Waals surface area contributed by atoms with Gasteiger partial charge in [0.2, 0.25) is 0 Å². The molecule has 17 heteroatoms. The zero-order valence-electron chi connectivity index (χ0n) is 37.8. The van der Waals surface area contributed by atoms with Crippen LogP contribution < -0.4 is 0 Å². The van der Waals surface area contributed by atoms with E-state index in [4.69, 9.17) is 37.9 Å². The lowest BCUT2D eigenvalue weighted by atomic mass is 9.35. The molecule has 5 saturated heterocycles. The van der Waals surface area contributed by atoms with Crippen LogP contribution in [-0.2, 0) is 37.9 Å². The van der Waals surface area contributed by atoms with Gasteiger partial charge >= 0.3 is 0 Å². The Labute approximate surface area is 369 Å². The number of allylic oxidation sites excluding steroid dienone is 1. The molecule has 9 N–H and O–H groups in total. The lowest BCUT2D eigenvalue weighted by Gasteiger charge is -2.70. The molecule has 0 aromatic rings. The maximum Gasteiger partial charge on any atom is 0.187 e. The van der Waals surface area contributed by atoms with Gasteiger partial charge in [-0.2, -0.15) is 0 Å². The van der Waals surface area contributed by atoms with Crippen molar-refractivity contribution in [2.45, 2.75) is 203 Å². The quantitative estimate of drug-likeness (QED) is 0.120. The van der Waals surface area contributed by atoms with Crippen molar-refractivity contribution in [1.82, 2.24) is 0 Å². The largest absolute Gasteiger partial charge is 0.394 e. The SMILES string of the molecule is CC(C)=CC1CC(C)(O)C2C3CCC4C5(C)CCC(OC6OCC(O)C(OC7OC(CO)C(O)C(O)C7O)C6OC6OCC(O)C(O)C6O)C(C)(C)C5CCC4(C)C34COC2(C4)O1. The van der Waals surface area contributed by atoms with Crippen molar-refractivity contribution in [1.29, 1.82) is 0 Å². The Morgan fingerprint density at radius 3 is 2.11 bits per heavy atom. The summed E-state index contributed by atoms with van der Waals surface area (Å²) in [5.74, 6) is -0.0244. The minimum atomic E-state index is -1.79. The summed E-state index contributed by atoms with van der Waals surface area (Å²) in [6.45, 7) is 14.8. The second kappa shape index (κ2) is 16.4. The third-order valence-electron chi connectivity index (χ3n) is 18.4. The van der Waals surface area contributed by atoms with Crippen LogP contribution in [0.15, 0.2) is 11.6 Å². The molecule has 5 heterocycles. The van der Waals surface area contributed by atoms with E-state index in [9.17, 15) is 46.0 Å². The van der Waals surface area contributed by atoms with Gasteiger partial charge in [0.15, 0.2) is 24.7 Å². The second-order valence-electron chi connectivity index (χ2n) is 22.5. The van der Waals surface area contributed by atoms with E-state index in [2.05, 4.69) is 47.6 Å². The molecule has 0 radical (unpaired) electrons. The maximum absolute atomic E-state index is 12.2. The van der Waals surface area contributed by atoms with E-state index in [0.29, 0.717) is 25.4 Å². The van der Waals surface area contributed by atoms with Gasteiger partial charge in [0.05, 0.1) is 44.2 Å². The van der Waals surface area contributed by atoms with Gasteiger partial charge in [-0.15, -0.1) is 0 Å². The molecule has 9 rings (SSSR count). The van der Waals surface area contributed by atoms with Gasteiger partial charge in [-0.1, -0.05) is 39.3 Å². The third-order valence-corrected chi connectivity index (χ3v) is 18.4. The van der Waals surface area contributed by atoms with E-state index in [1.165, 1.54) is 0 Å². The summed E-state index contributed by atoms with van der Waals surface area (Å²) >= 11 is 0. The molecule has 63 heavy (non-hydrogen) atoms. The normalized spacial score (nSPS) is 57.4. The molecule has 0 aromatic carbocycles. The Morgan fingerprint density at radius 2 is 1.40 bits per heavy atom. The molecule has 24 unspecified atom stereocenters. The van der Waals surface area contributed by atoms with Crippen molar-refractivity contribution < 1.29 is 83.9 Å². The zero-order valence-corrected chi connectivity index (χ0v) is 37.8. The molecule has 9 aliphatic rings. The average Bonchev–Trinajstić information content (AvgIpc) is 3.73. The summed E-state index contributed by atoms with van der Waals surface area (Å²) in [5, 5.41) is 97.0. The van der Waals surface area contributed by atoms with E-state index in [1.54, 1.807) is 0 Å². The van der Waals surface area contributed by atoms with Gasteiger partial charge in [0, 0.05) is 24.2 Å². The first kappa shape index (κ1) is 47.1. The van der Waals surface area contributed by atoms with Gasteiger partial charge in [-0.25, -0.2) is 0 Å². The van der Waals surface area contributed by atoms with E-state index < -0.39 is 103 Å². The summed E-state index contributed by atoms with van der Waals surface area (Å²) in [6, 6.07) is 0. The Balaban J connectivity index is 0.969. The molecule has 5 aliphatic heterocycles. The van der Waals surface area contributed by atoms with Crippen LogP contribution in [0.25, 0.3) is 0 Å². The third kappa shape index (κ3) is 7.19. The number of fused-ring (bicyclic) bond motifs is 4. The van der Waals surface area contributed by atoms with Gasteiger partial charge < -0.3 is 83.9 Å². The van der Waals surface area contributed by atoms with Gasteiger partial charge in [0.25, 0.3) is 0 Å². The minimum Gasteiger partial charge on any atom is -0.394 e. The molecule has 2 spiro atoms. The fourth-order valence-electron chi connectivity index (χ4n) is 15.5. The molecule has 4 saturated carbocycles. The zero-order chi connectivity index (χ0) is 45.4. The molecular weight excluding hydrogens is 824 g/mol. The first-order valence-electron chi connectivity index (χ1n) is 23.4. The minimum absolute atomic E-state index is 0.0628. The molecule has 24 atom stereocenters. The van der Waals surface area contributed by atoms with Crippen LogP contribution in [-0.4, -0.2) is 176 Å². The summed E-state index contributed by atoms with van der Waals surface area (Å²) in [4.78, 5) is 0. The van der Waals surface area contributed by atoms with Crippen molar-refractivity contribution in [2.24, 2.45) is 45.3 Å². The van der Waals surface area contributed by atoms with Crippen LogP contribution >= 0.6 is 0 Å². The van der Waals surface area contributed by atoms with Crippen molar-refractivity contribution >= 4 is 0 Å². The van der Waals surface area contributed by atoms with Crippen LogP contribution in [0.2, 0.25) is 0 Å². The number of aliphatic hydroxyl groups excluding tert-OH is 8. The molecule has 0 aromatic heterocycles. The van der Waals surface area contributed by atoms with Crippen LogP contribution in [0.1, 0.15) is 99.8 Å². The summed E-state index contributed by atoms with van der Waals surface area (Å²) in [5.41, 5.74) is -0.454. The Bertz CT molecular complexity index is 1710. The second-order valence-corrected chi connectivity index (χ2v) is 22.5. The number of hydrogen-bond acceptors (Lipinski definition) is 17. The molecule has 2 bridgehead atoms. The molecule has 17 nitrogen and oxygen atoms in total. The lowest BCUT2D eigenvalue weighted by Crippen LogP contribution is -2.68. The molecule has 4 aliphatic carbocycles. The summed E-state index contributed by atoms with van der Waals surface area (Å²) in [6.07, 6.45) is -11.4. The number of aliphatic hydroxyl groups is 9. The fraction of sp³-hybridized carbons (Fsp3) is 0.957. The van der Waals surface area contributed by atoms with Crippen molar-refractivity contribution in [3.05, 3.63) is 11.6 Å². The van der Waals surface area contributed by atoms with E-state index in [1.807, 2.05) is 6.92 Å². The van der Waals surface area contributed by atoms with Crippen LogP contribution in [0.3, 0.4) is 0 Å². The van der Waals surface area contributed by atoms with Gasteiger partial charge in [-0.05, 0) is 93.3 Å². The summed E-state index contributed by atoms with van der Waals surface area (Å²) in [7, 11) is 0. The molecule has 360 valence electrons. The predicted octanol–water partition coefficient (Wildman–Crippen LogP) is 0.606. The number of rotatable bonds is 8. The maximum atomic E-state index is 12.2. The Hall–Kier alpha value is -0.940. The van der Waals surface area contributed by atoms with E-state index in [0.717, 1.165) is 44.1 Å². The monoisotopic (exact) mass is 898 g/mol. The van der Waals surface area contributed by atoms with E-state index >= 15 is 0 Å². The van der Waals surface area contributed by atoms with Crippen molar-refractivity contribution in [3.8, 4) is 0 Å². The Kier molecular flexibility index (Phi) is 12.2. The first-order chi connectivity index (χ1) is 29.5. The first-order valence-corrected chi connectivity index (χ1v) is 23.4. The molecule has 0 amide bonds. The van der Waals surface area contributed by atoms with Crippen LogP contribution in [0.5, 0.6) is 0 Å². The summed E-state index contributed by atoms with van der Waals surface area (Å²) < 4.78 is 50.6. The van der Waals surface area contributed by atoms with Gasteiger partial charge in [0.1, 0.15) is 61.0 Å². The van der Waals surface area contributed by atoms with Crippen LogP contribution in [0, 0.1) is 45.3 Å². The lowest BCUT2D eigenvalue weighted by molar-refractivity contribution is -0.384. The highest BCUT2D eigenvalue weighted by Gasteiger charge is 2.81. The molecule has 9 fully saturated rings. The van der Waals surface area contributed by atoms with E-state index in [-0.39, 0.29) is 59.4 Å². The highest BCUT2D eigenvalue weighted by molar-refractivity contribution is 5.26. The highest BCUT2D eigenvalue weighted by Crippen LogP contribution is 2.80. The van der Waals surface area contributed by atoms with Gasteiger partial charge in [-0.3, -0.25) is 0 Å². The topological polar surface area (TPSA) is 256 Å². The fourth-order valence-corrected chi connectivity index (χ4v) is 15.5. The number of hydrogen-bond donors (Lipinski definition) is 9. The average molecular weight is 899 g/mol. The molecular formula is C46H74O17. The Morgan fingerprint density at radius 1 is 0.714 bits per heavy atom. The number of ether oxygens (including phenoxy) is 8.